The Morgan fingerprint density at radius 2 is 1.16 bits per heavy atom. The second-order valence-electron chi connectivity index (χ2n) is 14.1. The normalized spacial score (nSPS) is 22.5. The Balaban J connectivity index is 2.46. The Hall–Kier alpha value is -1.85. The summed E-state index contributed by atoms with van der Waals surface area (Å²) in [5.74, 6) is -0.200. The van der Waals surface area contributed by atoms with Gasteiger partial charge in [-0.25, -0.2) is 0 Å². The third-order valence-corrected chi connectivity index (χ3v) is 9.37. The van der Waals surface area contributed by atoms with Crippen LogP contribution in [0.2, 0.25) is 0 Å². The molecule has 0 radical (unpaired) electrons. The molecule has 7 atom stereocenters. The summed E-state index contributed by atoms with van der Waals surface area (Å²) in [6.07, 6.45) is 32.9. The Bertz CT molecular complexity index is 936. The molecule has 0 bridgehead atoms. The minimum absolute atomic E-state index is 0.200. The van der Waals surface area contributed by atoms with E-state index in [2.05, 4.69) is 55.6 Å². The smallest absolute Gasteiger partial charge is 0.220 e. The highest BCUT2D eigenvalue weighted by atomic mass is 16.7. The van der Waals surface area contributed by atoms with E-state index in [0.29, 0.717) is 6.42 Å². The second-order valence-corrected chi connectivity index (χ2v) is 14.1. The van der Waals surface area contributed by atoms with Crippen LogP contribution in [0.1, 0.15) is 155 Å². The lowest BCUT2D eigenvalue weighted by Crippen LogP contribution is -2.60. The summed E-state index contributed by atoms with van der Waals surface area (Å²) in [6, 6.07) is -0.818. The predicted molar refractivity (Wildman–Crippen MR) is 207 cm³/mol. The van der Waals surface area contributed by atoms with Crippen molar-refractivity contribution in [3.05, 3.63) is 48.6 Å². The molecule has 1 saturated heterocycles. The molecule has 0 spiro atoms. The Labute approximate surface area is 310 Å². The molecule has 2 unspecified atom stereocenters. The topological polar surface area (TPSA) is 149 Å². The third-order valence-electron chi connectivity index (χ3n) is 9.37. The maximum absolute atomic E-state index is 12.9. The van der Waals surface area contributed by atoms with Gasteiger partial charge in [0, 0.05) is 6.42 Å². The van der Waals surface area contributed by atoms with Crippen LogP contribution >= 0.6 is 0 Å². The fraction of sp³-hybridized carbons (Fsp3) is 0.786. The van der Waals surface area contributed by atoms with Crippen molar-refractivity contribution in [2.24, 2.45) is 0 Å². The minimum Gasteiger partial charge on any atom is -0.394 e. The first-order valence-corrected chi connectivity index (χ1v) is 20.4. The lowest BCUT2D eigenvalue weighted by Gasteiger charge is -2.40. The zero-order chi connectivity index (χ0) is 37.4. The molecule has 1 fully saturated rings. The summed E-state index contributed by atoms with van der Waals surface area (Å²) >= 11 is 0. The third kappa shape index (κ3) is 24.2. The number of rotatable bonds is 32. The van der Waals surface area contributed by atoms with Crippen LogP contribution in [0.4, 0.5) is 0 Å². The largest absolute Gasteiger partial charge is 0.394 e. The van der Waals surface area contributed by atoms with E-state index >= 15 is 0 Å². The van der Waals surface area contributed by atoms with Crippen LogP contribution in [0, 0.1) is 0 Å². The van der Waals surface area contributed by atoms with Crippen LogP contribution in [0.5, 0.6) is 0 Å². The van der Waals surface area contributed by atoms with Gasteiger partial charge in [-0.1, -0.05) is 120 Å². The number of carbonyl (C=O) groups is 1. The maximum atomic E-state index is 12.9. The van der Waals surface area contributed by atoms with Crippen LogP contribution in [-0.4, -0.2) is 87.5 Å². The molecule has 9 heteroatoms. The number of hydrogen-bond acceptors (Lipinski definition) is 8. The first-order chi connectivity index (χ1) is 24.8. The van der Waals surface area contributed by atoms with Crippen LogP contribution in [-0.2, 0) is 14.3 Å². The summed E-state index contributed by atoms with van der Waals surface area (Å²) < 4.78 is 11.2. The second kappa shape index (κ2) is 32.8. The summed E-state index contributed by atoms with van der Waals surface area (Å²) in [5.41, 5.74) is 0. The number of unbranched alkanes of at least 4 members (excludes halogenated alkanes) is 16. The summed E-state index contributed by atoms with van der Waals surface area (Å²) in [5, 5.41) is 53.9. The zero-order valence-electron chi connectivity index (χ0n) is 32.1. The van der Waals surface area contributed by atoms with Crippen LogP contribution in [0.25, 0.3) is 0 Å². The van der Waals surface area contributed by atoms with Gasteiger partial charge in [-0.05, 0) is 77.0 Å². The monoisotopic (exact) mass is 722 g/mol. The van der Waals surface area contributed by atoms with Crippen molar-refractivity contribution in [3.63, 3.8) is 0 Å². The SMILES string of the molecule is CCCCC/C=C\C/C=C\CCCCCCCC(=O)N[C@@H](CO[C@@H]1OC(CO)[C@H](O)[C@H](O)C1O)[C@H](O)/C=C/CCCCC/C=C/CCCCCC. The van der Waals surface area contributed by atoms with Gasteiger partial charge < -0.3 is 40.3 Å². The van der Waals surface area contributed by atoms with Gasteiger partial charge in [-0.2, -0.15) is 0 Å². The van der Waals surface area contributed by atoms with Gasteiger partial charge in [0.1, 0.15) is 24.4 Å². The highest BCUT2D eigenvalue weighted by Crippen LogP contribution is 2.22. The average Bonchev–Trinajstić information content (AvgIpc) is 3.13. The van der Waals surface area contributed by atoms with Gasteiger partial charge in [0.05, 0.1) is 25.4 Å². The Morgan fingerprint density at radius 1 is 0.667 bits per heavy atom. The Kier molecular flexibility index (Phi) is 30.3. The molecule has 1 aliphatic heterocycles. The number of nitrogens with one attached hydrogen (secondary N) is 1. The number of hydrogen-bond donors (Lipinski definition) is 6. The summed E-state index contributed by atoms with van der Waals surface area (Å²) in [6.45, 7) is 3.68. The maximum Gasteiger partial charge on any atom is 0.220 e. The molecule has 0 aromatic heterocycles. The molecule has 1 heterocycles. The van der Waals surface area contributed by atoms with E-state index in [0.717, 1.165) is 83.5 Å². The molecule has 0 aromatic carbocycles. The van der Waals surface area contributed by atoms with E-state index in [1.165, 1.54) is 51.4 Å². The van der Waals surface area contributed by atoms with Crippen molar-refractivity contribution < 1.29 is 39.8 Å². The summed E-state index contributed by atoms with van der Waals surface area (Å²) in [7, 11) is 0. The highest BCUT2D eigenvalue weighted by Gasteiger charge is 2.44. The van der Waals surface area contributed by atoms with Gasteiger partial charge in [-0.3, -0.25) is 4.79 Å². The van der Waals surface area contributed by atoms with E-state index in [9.17, 15) is 30.3 Å². The van der Waals surface area contributed by atoms with E-state index < -0.39 is 49.5 Å². The van der Waals surface area contributed by atoms with Gasteiger partial charge in [0.25, 0.3) is 0 Å². The van der Waals surface area contributed by atoms with Crippen molar-refractivity contribution in [2.45, 2.75) is 198 Å². The molecule has 1 aliphatic rings. The molecule has 0 saturated carbocycles. The van der Waals surface area contributed by atoms with Gasteiger partial charge in [0.15, 0.2) is 6.29 Å². The van der Waals surface area contributed by atoms with E-state index in [1.807, 2.05) is 6.08 Å². The number of aliphatic hydroxyl groups is 5. The molecular formula is C42H75NO8. The lowest BCUT2D eigenvalue weighted by molar-refractivity contribution is -0.302. The molecule has 296 valence electrons. The first kappa shape index (κ1) is 47.2. The standard InChI is InChI=1S/C42H75NO8/c1-3-5-7-9-11-13-15-17-18-20-22-24-26-28-30-32-38(46)43-35(34-50-42-41(49)40(48)39(47)37(33-44)51-42)36(45)31-29-27-25-23-21-19-16-14-12-10-8-6-4-2/h11,13-14,16-18,29,31,35-37,39-42,44-45,47-49H,3-10,12,15,19-28,30,32-34H2,1-2H3,(H,43,46)/b13-11-,16-14+,18-17-,31-29+/t35-,36+,37?,39-,40-,41?,42+/m0/s1. The van der Waals surface area contributed by atoms with Crippen molar-refractivity contribution in [3.8, 4) is 0 Å². The van der Waals surface area contributed by atoms with Crippen molar-refractivity contribution in [1.29, 1.82) is 0 Å². The minimum atomic E-state index is -1.57. The highest BCUT2D eigenvalue weighted by molar-refractivity contribution is 5.76. The molecule has 6 N–H and O–H groups in total. The number of carbonyl (C=O) groups excluding carboxylic acids is 1. The Morgan fingerprint density at radius 3 is 1.76 bits per heavy atom. The van der Waals surface area contributed by atoms with E-state index in [1.54, 1.807) is 6.08 Å². The lowest BCUT2D eigenvalue weighted by atomic mass is 9.99. The molecule has 1 rings (SSSR count). The summed E-state index contributed by atoms with van der Waals surface area (Å²) in [4.78, 5) is 12.9. The molecule has 0 aliphatic carbocycles. The van der Waals surface area contributed by atoms with E-state index in [-0.39, 0.29) is 12.5 Å². The number of aliphatic hydroxyl groups excluding tert-OH is 5. The predicted octanol–water partition coefficient (Wildman–Crippen LogP) is 7.50. The zero-order valence-corrected chi connectivity index (χ0v) is 32.1. The van der Waals surface area contributed by atoms with E-state index in [4.69, 9.17) is 9.47 Å². The van der Waals surface area contributed by atoms with Gasteiger partial charge in [-0.15, -0.1) is 0 Å². The fourth-order valence-electron chi connectivity index (χ4n) is 6.00. The van der Waals surface area contributed by atoms with Crippen molar-refractivity contribution in [1.82, 2.24) is 5.32 Å². The average molecular weight is 722 g/mol. The number of allylic oxidation sites excluding steroid dienone is 7. The fourth-order valence-corrected chi connectivity index (χ4v) is 6.00. The quantitative estimate of drug-likeness (QED) is 0.0309. The number of ether oxygens (including phenoxy) is 2. The molecule has 1 amide bonds. The van der Waals surface area contributed by atoms with Crippen LogP contribution in [0.3, 0.4) is 0 Å². The van der Waals surface area contributed by atoms with Crippen LogP contribution < -0.4 is 5.32 Å². The molecule has 9 nitrogen and oxygen atoms in total. The first-order valence-electron chi connectivity index (χ1n) is 20.4. The van der Waals surface area contributed by atoms with Gasteiger partial charge in [0.2, 0.25) is 5.91 Å². The van der Waals surface area contributed by atoms with Crippen molar-refractivity contribution in [2.75, 3.05) is 13.2 Å². The van der Waals surface area contributed by atoms with Gasteiger partial charge >= 0.3 is 0 Å². The molecule has 0 aromatic rings. The number of amides is 1. The van der Waals surface area contributed by atoms with Crippen LogP contribution in [0.15, 0.2) is 48.6 Å². The molecule has 51 heavy (non-hydrogen) atoms. The van der Waals surface area contributed by atoms with Crippen molar-refractivity contribution >= 4 is 5.91 Å². The molecular weight excluding hydrogens is 646 g/mol.